The Labute approximate surface area is 127 Å². The average Bonchev–Trinajstić information content (AvgIpc) is 3.11. The van der Waals surface area contributed by atoms with E-state index in [1.165, 1.54) is 21.8 Å². The molecule has 0 fully saturated rings. The second kappa shape index (κ2) is 4.71. The lowest BCUT2D eigenvalue weighted by molar-refractivity contribution is 0.601. The molecule has 2 aromatic rings. The molecule has 0 amide bonds. The van der Waals surface area contributed by atoms with Gasteiger partial charge in [-0.15, -0.1) is 11.3 Å². The Bertz CT molecular complexity index is 790. The molecule has 7 heteroatoms. The molecule has 1 aliphatic heterocycles. The van der Waals surface area contributed by atoms with Crippen LogP contribution < -0.4 is 10.0 Å². The first-order chi connectivity index (χ1) is 10.1. The molecule has 1 aromatic heterocycles. The number of aromatic nitrogens is 1. The van der Waals surface area contributed by atoms with Crippen LogP contribution in [-0.4, -0.2) is 19.9 Å². The van der Waals surface area contributed by atoms with Gasteiger partial charge in [0.05, 0.1) is 10.6 Å². The third kappa shape index (κ3) is 2.30. The van der Waals surface area contributed by atoms with Gasteiger partial charge >= 0.3 is 0 Å². The molecular weight excluding hydrogens is 306 g/mol. The molecule has 2 aliphatic rings. The number of benzene rings is 1. The molecule has 0 unspecified atom stereocenters. The Morgan fingerprint density at radius 3 is 3.00 bits per heavy atom. The summed E-state index contributed by atoms with van der Waals surface area (Å²) in [5, 5.41) is 3.68. The third-order valence-electron chi connectivity index (χ3n) is 3.92. The molecular formula is C14H15N3O2S2. The Kier molecular flexibility index (Phi) is 2.93. The maximum atomic E-state index is 12.5. The Balaban J connectivity index is 1.63. The number of sulfonamides is 1. The van der Waals surface area contributed by atoms with Crippen LogP contribution in [0.15, 0.2) is 23.1 Å². The zero-order valence-corrected chi connectivity index (χ0v) is 13.0. The van der Waals surface area contributed by atoms with Crippen LogP contribution in [0.2, 0.25) is 0 Å². The van der Waals surface area contributed by atoms with Crippen molar-refractivity contribution in [3.05, 3.63) is 34.3 Å². The van der Waals surface area contributed by atoms with Crippen LogP contribution in [0.1, 0.15) is 22.6 Å². The van der Waals surface area contributed by atoms with Crippen LogP contribution >= 0.6 is 11.3 Å². The number of nitrogens with zero attached hydrogens (tertiary/aromatic N) is 1. The van der Waals surface area contributed by atoms with Crippen LogP contribution in [-0.2, 0) is 29.3 Å². The van der Waals surface area contributed by atoms with Gasteiger partial charge in [0.1, 0.15) is 0 Å². The van der Waals surface area contributed by atoms with Gasteiger partial charge < -0.3 is 5.32 Å². The molecule has 2 N–H and O–H groups in total. The van der Waals surface area contributed by atoms with Gasteiger partial charge in [0.15, 0.2) is 5.13 Å². The summed E-state index contributed by atoms with van der Waals surface area (Å²) in [4.78, 5) is 5.88. The maximum Gasteiger partial charge on any atom is 0.263 e. The number of anilines is 2. The fourth-order valence-corrected chi connectivity index (χ4v) is 5.16. The third-order valence-corrected chi connectivity index (χ3v) is 6.46. The highest BCUT2D eigenvalue weighted by Gasteiger charge is 2.22. The van der Waals surface area contributed by atoms with E-state index in [1.54, 1.807) is 12.1 Å². The molecule has 0 radical (unpaired) electrons. The quantitative estimate of drug-likeness (QED) is 0.910. The monoisotopic (exact) mass is 321 g/mol. The van der Waals surface area contributed by atoms with Crippen molar-refractivity contribution in [2.45, 2.75) is 30.6 Å². The van der Waals surface area contributed by atoms with Gasteiger partial charge in [-0.05, 0) is 43.4 Å². The van der Waals surface area contributed by atoms with E-state index in [9.17, 15) is 8.42 Å². The van der Waals surface area contributed by atoms with Crippen molar-refractivity contribution in [2.75, 3.05) is 16.6 Å². The van der Waals surface area contributed by atoms with E-state index in [-0.39, 0.29) is 4.90 Å². The van der Waals surface area contributed by atoms with Gasteiger partial charge in [-0.2, -0.15) is 0 Å². The molecule has 0 atom stereocenters. The highest BCUT2D eigenvalue weighted by molar-refractivity contribution is 7.93. The number of rotatable bonds is 3. The second-order valence-electron chi connectivity index (χ2n) is 5.34. The van der Waals surface area contributed by atoms with Gasteiger partial charge in [-0.1, -0.05) is 6.07 Å². The maximum absolute atomic E-state index is 12.5. The van der Waals surface area contributed by atoms with Crippen molar-refractivity contribution < 1.29 is 8.42 Å². The van der Waals surface area contributed by atoms with Crippen molar-refractivity contribution >= 4 is 32.2 Å². The minimum absolute atomic E-state index is 0.283. The zero-order chi connectivity index (χ0) is 14.4. The van der Waals surface area contributed by atoms with E-state index >= 15 is 0 Å². The number of nitrogens with one attached hydrogen (secondary N) is 2. The van der Waals surface area contributed by atoms with Crippen molar-refractivity contribution in [2.24, 2.45) is 0 Å². The fourth-order valence-electron chi connectivity index (χ4n) is 2.85. The molecule has 0 bridgehead atoms. The number of hydrogen-bond donors (Lipinski definition) is 2. The number of aryl methyl sites for hydroxylation is 2. The predicted octanol–water partition coefficient (Wildman–Crippen LogP) is 2.40. The lowest BCUT2D eigenvalue weighted by Crippen LogP contribution is -2.13. The number of fused-ring (bicyclic) bond motifs is 2. The Morgan fingerprint density at radius 1 is 1.24 bits per heavy atom. The number of hydrogen-bond acceptors (Lipinski definition) is 5. The van der Waals surface area contributed by atoms with E-state index in [4.69, 9.17) is 0 Å². The lowest BCUT2D eigenvalue weighted by Gasteiger charge is -2.07. The van der Waals surface area contributed by atoms with Crippen molar-refractivity contribution in [3.63, 3.8) is 0 Å². The first kappa shape index (κ1) is 13.1. The molecule has 110 valence electrons. The minimum Gasteiger partial charge on any atom is -0.384 e. The Morgan fingerprint density at radius 2 is 2.14 bits per heavy atom. The van der Waals surface area contributed by atoms with E-state index in [0.29, 0.717) is 5.13 Å². The molecule has 5 nitrogen and oxygen atoms in total. The van der Waals surface area contributed by atoms with Crippen LogP contribution in [0, 0.1) is 0 Å². The smallest absolute Gasteiger partial charge is 0.263 e. The van der Waals surface area contributed by atoms with Gasteiger partial charge in [-0.25, -0.2) is 13.4 Å². The Hall–Kier alpha value is -1.60. The summed E-state index contributed by atoms with van der Waals surface area (Å²) >= 11 is 1.45. The first-order valence-corrected chi connectivity index (χ1v) is 9.30. The van der Waals surface area contributed by atoms with Gasteiger partial charge in [0.25, 0.3) is 10.0 Å². The minimum atomic E-state index is -3.56. The summed E-state index contributed by atoms with van der Waals surface area (Å²) in [5.41, 5.74) is 3.13. The van der Waals surface area contributed by atoms with E-state index in [2.05, 4.69) is 15.0 Å². The second-order valence-corrected chi connectivity index (χ2v) is 8.11. The summed E-state index contributed by atoms with van der Waals surface area (Å²) < 4.78 is 27.5. The normalized spacial score (nSPS) is 16.4. The lowest BCUT2D eigenvalue weighted by atomic mass is 10.2. The summed E-state index contributed by atoms with van der Waals surface area (Å²) in [5.74, 6) is 0. The zero-order valence-electron chi connectivity index (χ0n) is 11.3. The first-order valence-electron chi connectivity index (χ1n) is 7.00. The standard InChI is InChI=1S/C14H15N3O2S2/c18-21(19,10-5-4-9-6-7-15-12(9)8-10)17-14-16-11-2-1-3-13(11)20-14/h4-5,8,15H,1-3,6-7H2,(H,16,17). The van der Waals surface area contributed by atoms with Crippen molar-refractivity contribution in [1.82, 2.24) is 4.98 Å². The molecule has 0 saturated heterocycles. The molecule has 1 aliphatic carbocycles. The summed E-state index contributed by atoms with van der Waals surface area (Å²) in [6.07, 6.45) is 4.04. The van der Waals surface area contributed by atoms with Gasteiger partial charge in [-0.3, -0.25) is 4.72 Å². The highest BCUT2D eigenvalue weighted by atomic mass is 32.2. The topological polar surface area (TPSA) is 71.1 Å². The molecule has 1 aromatic carbocycles. The van der Waals surface area contributed by atoms with Crippen LogP contribution in [0.3, 0.4) is 0 Å². The molecule has 4 rings (SSSR count). The highest BCUT2D eigenvalue weighted by Crippen LogP contribution is 2.32. The van der Waals surface area contributed by atoms with Crippen LogP contribution in [0.25, 0.3) is 0 Å². The summed E-state index contributed by atoms with van der Waals surface area (Å²) in [6, 6.07) is 5.24. The van der Waals surface area contributed by atoms with E-state index < -0.39 is 10.0 Å². The number of thiazole rings is 1. The van der Waals surface area contributed by atoms with Crippen LogP contribution in [0.4, 0.5) is 10.8 Å². The molecule has 2 heterocycles. The summed E-state index contributed by atoms with van der Waals surface area (Å²) in [7, 11) is -3.56. The molecule has 0 spiro atoms. The van der Waals surface area contributed by atoms with Gasteiger partial charge in [0, 0.05) is 17.1 Å². The van der Waals surface area contributed by atoms with E-state index in [1.807, 2.05) is 6.07 Å². The van der Waals surface area contributed by atoms with Crippen molar-refractivity contribution in [3.8, 4) is 0 Å². The predicted molar refractivity (Wildman–Crippen MR) is 83.6 cm³/mol. The molecule has 0 saturated carbocycles. The van der Waals surface area contributed by atoms with Crippen molar-refractivity contribution in [1.29, 1.82) is 0 Å². The summed E-state index contributed by atoms with van der Waals surface area (Å²) in [6.45, 7) is 0.867. The van der Waals surface area contributed by atoms with Gasteiger partial charge in [0.2, 0.25) is 0 Å². The van der Waals surface area contributed by atoms with Crippen LogP contribution in [0.5, 0.6) is 0 Å². The van der Waals surface area contributed by atoms with E-state index in [0.717, 1.165) is 43.6 Å². The largest absolute Gasteiger partial charge is 0.384 e. The average molecular weight is 321 g/mol. The molecule has 21 heavy (non-hydrogen) atoms. The SMILES string of the molecule is O=S(=O)(Nc1nc2c(s1)CCC2)c1ccc2c(c1)NCC2. The fraction of sp³-hybridized carbons (Fsp3) is 0.357.